The number of rotatable bonds is 6. The maximum absolute atomic E-state index is 11.9. The van der Waals surface area contributed by atoms with Gasteiger partial charge < -0.3 is 15.4 Å². The summed E-state index contributed by atoms with van der Waals surface area (Å²) in [4.78, 5) is 37.4. The number of aromatic amines is 1. The van der Waals surface area contributed by atoms with Crippen LogP contribution in [0.1, 0.15) is 19.8 Å². The Morgan fingerprint density at radius 1 is 1.38 bits per heavy atom. The predicted octanol–water partition coefficient (Wildman–Crippen LogP) is 0.699. The van der Waals surface area contributed by atoms with Crippen molar-refractivity contribution >= 4 is 22.9 Å². The zero-order chi connectivity index (χ0) is 15.4. The van der Waals surface area contributed by atoms with Crippen molar-refractivity contribution in [1.29, 1.82) is 0 Å². The number of benzene rings is 1. The first kappa shape index (κ1) is 14.8. The van der Waals surface area contributed by atoms with Crippen LogP contribution in [0.5, 0.6) is 0 Å². The Bertz CT molecular complexity index is 716. The number of aromatic nitrogens is 2. The third kappa shape index (κ3) is 3.31. The number of para-hydroxylation sites is 2. The fourth-order valence-corrected chi connectivity index (χ4v) is 2.19. The van der Waals surface area contributed by atoms with Crippen LogP contribution >= 0.6 is 0 Å². The van der Waals surface area contributed by atoms with E-state index < -0.39 is 23.6 Å². The van der Waals surface area contributed by atoms with Crippen LogP contribution in [0.15, 0.2) is 29.1 Å². The molecule has 112 valence electrons. The summed E-state index contributed by atoms with van der Waals surface area (Å²) >= 11 is 0. The Morgan fingerprint density at radius 3 is 2.76 bits per heavy atom. The largest absolute Gasteiger partial charge is 0.480 e. The summed E-state index contributed by atoms with van der Waals surface area (Å²) in [5, 5.41) is 11.5. The molecule has 0 aliphatic rings. The molecule has 1 aromatic carbocycles. The minimum Gasteiger partial charge on any atom is -0.480 e. The molecule has 0 bridgehead atoms. The molecule has 2 aromatic rings. The molecule has 1 unspecified atom stereocenters. The minimum atomic E-state index is -1.07. The molecule has 0 saturated heterocycles. The van der Waals surface area contributed by atoms with Gasteiger partial charge in [-0.05, 0) is 18.6 Å². The second-order valence-electron chi connectivity index (χ2n) is 4.78. The second kappa shape index (κ2) is 6.25. The van der Waals surface area contributed by atoms with Gasteiger partial charge in [-0.15, -0.1) is 0 Å². The van der Waals surface area contributed by atoms with Gasteiger partial charge in [0, 0.05) is 0 Å². The van der Waals surface area contributed by atoms with Crippen molar-refractivity contribution in [2.75, 3.05) is 0 Å². The van der Waals surface area contributed by atoms with Gasteiger partial charge in [-0.1, -0.05) is 25.5 Å². The average molecular weight is 291 g/mol. The van der Waals surface area contributed by atoms with E-state index in [4.69, 9.17) is 5.11 Å². The van der Waals surface area contributed by atoms with Gasteiger partial charge in [0.25, 0.3) is 0 Å². The lowest BCUT2D eigenvalue weighted by molar-refractivity contribution is -0.142. The Balaban J connectivity index is 2.16. The number of imidazole rings is 1. The van der Waals surface area contributed by atoms with Crippen molar-refractivity contribution in [3.8, 4) is 0 Å². The molecular weight excluding hydrogens is 274 g/mol. The van der Waals surface area contributed by atoms with E-state index in [1.807, 2.05) is 6.92 Å². The lowest BCUT2D eigenvalue weighted by Crippen LogP contribution is -2.43. The number of fused-ring (bicyclic) bond motifs is 1. The zero-order valence-corrected chi connectivity index (χ0v) is 11.6. The average Bonchev–Trinajstić information content (AvgIpc) is 2.75. The van der Waals surface area contributed by atoms with Crippen molar-refractivity contribution in [1.82, 2.24) is 14.9 Å². The lowest BCUT2D eigenvalue weighted by atomic mass is 10.1. The molecule has 0 fully saturated rings. The summed E-state index contributed by atoms with van der Waals surface area (Å²) < 4.78 is 1.29. The quantitative estimate of drug-likeness (QED) is 0.728. The van der Waals surface area contributed by atoms with E-state index >= 15 is 0 Å². The number of carboxylic acid groups (broad SMARTS) is 1. The summed E-state index contributed by atoms with van der Waals surface area (Å²) in [5.41, 5.74) is 0.854. The maximum Gasteiger partial charge on any atom is 0.326 e. The molecule has 1 atom stereocenters. The van der Waals surface area contributed by atoms with Gasteiger partial charge in [-0.3, -0.25) is 9.36 Å². The maximum atomic E-state index is 11.9. The van der Waals surface area contributed by atoms with Crippen LogP contribution in [0.25, 0.3) is 11.0 Å². The monoisotopic (exact) mass is 291 g/mol. The number of amides is 1. The second-order valence-corrected chi connectivity index (χ2v) is 4.78. The topological polar surface area (TPSA) is 104 Å². The Morgan fingerprint density at radius 2 is 2.10 bits per heavy atom. The van der Waals surface area contributed by atoms with Gasteiger partial charge in [-0.2, -0.15) is 0 Å². The standard InChI is InChI=1S/C14H17N3O4/c1-2-5-10(13(19)20)15-12(18)8-17-11-7-4-3-6-9(11)16-14(17)21/h3-4,6-7,10H,2,5,8H2,1H3,(H,15,18)(H,16,21)(H,19,20). The number of carboxylic acids is 1. The van der Waals surface area contributed by atoms with Gasteiger partial charge in [0.2, 0.25) is 5.91 Å². The minimum absolute atomic E-state index is 0.212. The highest BCUT2D eigenvalue weighted by Crippen LogP contribution is 2.08. The molecule has 3 N–H and O–H groups in total. The molecule has 0 aliphatic carbocycles. The van der Waals surface area contributed by atoms with Crippen LogP contribution in [0.4, 0.5) is 0 Å². The van der Waals surface area contributed by atoms with Gasteiger partial charge in [0.05, 0.1) is 11.0 Å². The van der Waals surface area contributed by atoms with E-state index in [-0.39, 0.29) is 6.54 Å². The van der Waals surface area contributed by atoms with Crippen LogP contribution in [-0.2, 0) is 16.1 Å². The number of nitrogens with zero attached hydrogens (tertiary/aromatic N) is 1. The first-order valence-corrected chi connectivity index (χ1v) is 6.72. The summed E-state index contributed by atoms with van der Waals surface area (Å²) in [6.45, 7) is 1.63. The molecular formula is C14H17N3O4. The summed E-state index contributed by atoms with van der Waals surface area (Å²) in [7, 11) is 0. The number of aliphatic carboxylic acids is 1. The molecule has 0 aliphatic heterocycles. The van der Waals surface area contributed by atoms with Crippen molar-refractivity contribution in [3.05, 3.63) is 34.7 Å². The number of hydrogen-bond donors (Lipinski definition) is 3. The predicted molar refractivity (Wildman–Crippen MR) is 77.0 cm³/mol. The third-order valence-corrected chi connectivity index (χ3v) is 3.19. The van der Waals surface area contributed by atoms with Gasteiger partial charge in [-0.25, -0.2) is 9.59 Å². The molecule has 0 spiro atoms. The van der Waals surface area contributed by atoms with E-state index in [9.17, 15) is 14.4 Å². The van der Waals surface area contributed by atoms with E-state index in [1.54, 1.807) is 24.3 Å². The number of nitrogens with one attached hydrogen (secondary N) is 2. The van der Waals surface area contributed by atoms with Crippen molar-refractivity contribution in [2.45, 2.75) is 32.4 Å². The molecule has 1 amide bonds. The number of carbonyl (C=O) groups is 2. The number of carbonyl (C=O) groups excluding carboxylic acids is 1. The van der Waals surface area contributed by atoms with Crippen molar-refractivity contribution in [2.24, 2.45) is 0 Å². The van der Waals surface area contributed by atoms with Gasteiger partial charge in [0.15, 0.2) is 0 Å². The normalized spacial score (nSPS) is 12.2. The fraction of sp³-hybridized carbons (Fsp3) is 0.357. The van der Waals surface area contributed by atoms with Crippen LogP contribution in [0, 0.1) is 0 Å². The molecule has 1 heterocycles. The van der Waals surface area contributed by atoms with Crippen LogP contribution in [0.2, 0.25) is 0 Å². The summed E-state index contributed by atoms with van der Waals surface area (Å²) in [6, 6.07) is 6.08. The van der Waals surface area contributed by atoms with Gasteiger partial charge >= 0.3 is 11.7 Å². The summed E-state index contributed by atoms with van der Waals surface area (Å²) in [6.07, 6.45) is 0.994. The highest BCUT2D eigenvalue weighted by molar-refractivity contribution is 5.84. The molecule has 21 heavy (non-hydrogen) atoms. The first-order valence-electron chi connectivity index (χ1n) is 6.72. The van der Waals surface area contributed by atoms with Crippen LogP contribution in [-0.4, -0.2) is 32.6 Å². The van der Waals surface area contributed by atoms with E-state index in [2.05, 4.69) is 10.3 Å². The smallest absolute Gasteiger partial charge is 0.326 e. The lowest BCUT2D eigenvalue weighted by Gasteiger charge is -2.13. The van der Waals surface area contributed by atoms with Gasteiger partial charge in [0.1, 0.15) is 12.6 Å². The van der Waals surface area contributed by atoms with Crippen LogP contribution < -0.4 is 11.0 Å². The molecule has 7 heteroatoms. The molecule has 2 rings (SSSR count). The number of hydrogen-bond acceptors (Lipinski definition) is 3. The Labute approximate surface area is 120 Å². The Kier molecular flexibility index (Phi) is 4.42. The summed E-state index contributed by atoms with van der Waals surface area (Å²) in [5.74, 6) is -1.57. The number of H-pyrrole nitrogens is 1. The van der Waals surface area contributed by atoms with E-state index in [0.29, 0.717) is 23.9 Å². The van der Waals surface area contributed by atoms with E-state index in [0.717, 1.165) is 0 Å². The fourth-order valence-electron chi connectivity index (χ4n) is 2.19. The Hall–Kier alpha value is -2.57. The van der Waals surface area contributed by atoms with Crippen molar-refractivity contribution in [3.63, 3.8) is 0 Å². The molecule has 7 nitrogen and oxygen atoms in total. The highest BCUT2D eigenvalue weighted by Gasteiger charge is 2.19. The zero-order valence-electron chi connectivity index (χ0n) is 11.6. The first-order chi connectivity index (χ1) is 10.0. The SMILES string of the molecule is CCCC(NC(=O)Cn1c(=O)[nH]c2ccccc21)C(=O)O. The third-order valence-electron chi connectivity index (χ3n) is 3.19. The molecule has 0 radical (unpaired) electrons. The van der Waals surface area contributed by atoms with Crippen LogP contribution in [0.3, 0.4) is 0 Å². The molecule has 1 aromatic heterocycles. The van der Waals surface area contributed by atoms with Crippen molar-refractivity contribution < 1.29 is 14.7 Å². The molecule has 0 saturated carbocycles. The highest BCUT2D eigenvalue weighted by atomic mass is 16.4. The van der Waals surface area contributed by atoms with E-state index in [1.165, 1.54) is 4.57 Å².